The second kappa shape index (κ2) is 5.85. The highest BCUT2D eigenvalue weighted by Gasteiger charge is 2.34. The Labute approximate surface area is 127 Å². The first-order valence-corrected chi connectivity index (χ1v) is 7.72. The van der Waals surface area contributed by atoms with E-state index < -0.39 is 0 Å². The van der Waals surface area contributed by atoms with Crippen molar-refractivity contribution in [1.29, 1.82) is 0 Å². The first kappa shape index (κ1) is 14.1. The lowest BCUT2D eigenvalue weighted by Gasteiger charge is -2.32. The molecule has 0 saturated heterocycles. The normalized spacial score (nSPS) is 24.0. The minimum Gasteiger partial charge on any atom is -0.294 e. The number of fused-ring (bicyclic) bond motifs is 1. The number of aliphatic imine (C=N–C) groups is 1. The monoisotopic (exact) mass is 302 g/mol. The predicted molar refractivity (Wildman–Crippen MR) is 83.5 cm³/mol. The quantitative estimate of drug-likeness (QED) is 0.841. The molecule has 1 heterocycles. The molecule has 21 heavy (non-hydrogen) atoms. The molecular weight excluding hydrogens is 287 g/mol. The van der Waals surface area contributed by atoms with Gasteiger partial charge in [-0.3, -0.25) is 14.7 Å². The zero-order chi connectivity index (χ0) is 14.8. The van der Waals surface area contributed by atoms with Crippen LogP contribution in [0, 0.1) is 11.7 Å². The molecule has 0 fully saturated rings. The number of amidine groups is 1. The van der Waals surface area contributed by atoms with Gasteiger partial charge in [-0.25, -0.2) is 4.39 Å². The smallest absolute Gasteiger partial charge is 0.237 e. The van der Waals surface area contributed by atoms with E-state index >= 15 is 0 Å². The van der Waals surface area contributed by atoms with E-state index in [4.69, 9.17) is 0 Å². The van der Waals surface area contributed by atoms with Gasteiger partial charge in [-0.2, -0.15) is 0 Å². The molecule has 1 aromatic carbocycles. The standard InChI is InChI=1S/C16H15FN2OS/c1-19-15(20)12-7-3-5-9-14(12)18-16(19)21-10-11-6-2-4-8-13(11)17/h2-9,12,14H,10H2,1H3. The Bertz CT molecular complexity index is 653. The van der Waals surface area contributed by atoms with Gasteiger partial charge in [0.1, 0.15) is 5.82 Å². The van der Waals surface area contributed by atoms with Gasteiger partial charge in [-0.05, 0) is 11.6 Å². The molecule has 0 bridgehead atoms. The van der Waals surface area contributed by atoms with Crippen molar-refractivity contribution in [2.45, 2.75) is 11.8 Å². The van der Waals surface area contributed by atoms with Crippen LogP contribution in [0.2, 0.25) is 0 Å². The summed E-state index contributed by atoms with van der Waals surface area (Å²) in [5.74, 6) is 0.0540. The molecule has 1 aliphatic carbocycles. The minimum absolute atomic E-state index is 0.0339. The molecule has 3 nitrogen and oxygen atoms in total. The van der Waals surface area contributed by atoms with Gasteiger partial charge in [0.25, 0.3) is 0 Å². The molecule has 0 spiro atoms. The molecule has 108 valence electrons. The van der Waals surface area contributed by atoms with Gasteiger partial charge < -0.3 is 0 Å². The summed E-state index contributed by atoms with van der Waals surface area (Å²) in [5.41, 5.74) is 0.618. The second-order valence-electron chi connectivity index (χ2n) is 4.98. The van der Waals surface area contributed by atoms with Gasteiger partial charge in [0, 0.05) is 12.8 Å². The lowest BCUT2D eigenvalue weighted by molar-refractivity contribution is -0.129. The molecule has 0 saturated carbocycles. The van der Waals surface area contributed by atoms with Crippen molar-refractivity contribution in [1.82, 2.24) is 4.90 Å². The first-order chi connectivity index (χ1) is 10.2. The van der Waals surface area contributed by atoms with Crippen molar-refractivity contribution in [2.24, 2.45) is 10.9 Å². The number of nitrogens with zero attached hydrogens (tertiary/aromatic N) is 2. The highest BCUT2D eigenvalue weighted by molar-refractivity contribution is 8.13. The average Bonchev–Trinajstić information content (AvgIpc) is 2.51. The number of hydrogen-bond acceptors (Lipinski definition) is 3. The van der Waals surface area contributed by atoms with Gasteiger partial charge in [0.05, 0.1) is 12.0 Å². The van der Waals surface area contributed by atoms with E-state index in [0.717, 1.165) is 0 Å². The van der Waals surface area contributed by atoms with Crippen LogP contribution in [-0.2, 0) is 10.5 Å². The zero-order valence-electron chi connectivity index (χ0n) is 11.6. The lowest BCUT2D eigenvalue weighted by atomic mass is 9.93. The highest BCUT2D eigenvalue weighted by Crippen LogP contribution is 2.28. The van der Waals surface area contributed by atoms with Crippen LogP contribution in [0.5, 0.6) is 0 Å². The summed E-state index contributed by atoms with van der Waals surface area (Å²) < 4.78 is 13.6. The van der Waals surface area contributed by atoms with Crippen molar-refractivity contribution < 1.29 is 9.18 Å². The van der Waals surface area contributed by atoms with Crippen LogP contribution in [0.15, 0.2) is 53.6 Å². The Morgan fingerprint density at radius 2 is 2.05 bits per heavy atom. The molecule has 0 N–H and O–H groups in total. The Morgan fingerprint density at radius 3 is 2.86 bits per heavy atom. The summed E-state index contributed by atoms with van der Waals surface area (Å²) in [5, 5.41) is 0.643. The predicted octanol–water partition coefficient (Wildman–Crippen LogP) is 3.00. The summed E-state index contributed by atoms with van der Waals surface area (Å²) in [6.07, 6.45) is 7.59. The molecule has 0 aromatic heterocycles. The van der Waals surface area contributed by atoms with Crippen LogP contribution in [-0.4, -0.2) is 29.1 Å². The van der Waals surface area contributed by atoms with E-state index in [1.807, 2.05) is 24.3 Å². The number of allylic oxidation sites excluding steroid dienone is 2. The SMILES string of the molecule is CN1C(=O)C2C=CC=CC2N=C1SCc1ccccc1F. The fourth-order valence-electron chi connectivity index (χ4n) is 2.37. The maximum Gasteiger partial charge on any atom is 0.237 e. The van der Waals surface area contributed by atoms with Crippen LogP contribution in [0.25, 0.3) is 0 Å². The summed E-state index contributed by atoms with van der Waals surface area (Å²) >= 11 is 1.39. The molecule has 1 aliphatic heterocycles. The lowest BCUT2D eigenvalue weighted by Crippen LogP contribution is -2.45. The number of halogens is 1. The number of thioether (sulfide) groups is 1. The van der Waals surface area contributed by atoms with Crippen molar-refractivity contribution in [3.63, 3.8) is 0 Å². The van der Waals surface area contributed by atoms with Crippen LogP contribution >= 0.6 is 11.8 Å². The fraction of sp³-hybridized carbons (Fsp3) is 0.250. The van der Waals surface area contributed by atoms with E-state index in [9.17, 15) is 9.18 Å². The Balaban J connectivity index is 1.77. The van der Waals surface area contributed by atoms with E-state index in [1.54, 1.807) is 30.1 Å². The number of carbonyl (C=O) groups is 1. The number of benzene rings is 1. The topological polar surface area (TPSA) is 32.7 Å². The van der Waals surface area contributed by atoms with Crippen LogP contribution in [0.4, 0.5) is 4.39 Å². The second-order valence-corrected chi connectivity index (χ2v) is 5.92. The fourth-order valence-corrected chi connectivity index (χ4v) is 3.37. The van der Waals surface area contributed by atoms with Gasteiger partial charge >= 0.3 is 0 Å². The summed E-state index contributed by atoms with van der Waals surface area (Å²) in [6.45, 7) is 0. The van der Waals surface area contributed by atoms with Crippen molar-refractivity contribution in [2.75, 3.05) is 7.05 Å². The highest BCUT2D eigenvalue weighted by atomic mass is 32.2. The van der Waals surface area contributed by atoms with E-state index in [2.05, 4.69) is 4.99 Å². The molecule has 2 aliphatic rings. The number of carbonyl (C=O) groups excluding carboxylic acids is 1. The summed E-state index contributed by atoms with van der Waals surface area (Å²) in [4.78, 5) is 18.5. The Hall–Kier alpha value is -1.88. The maximum atomic E-state index is 13.6. The molecule has 1 amide bonds. The van der Waals surface area contributed by atoms with Crippen molar-refractivity contribution in [3.05, 3.63) is 60.0 Å². The number of rotatable bonds is 2. The first-order valence-electron chi connectivity index (χ1n) is 6.73. The molecule has 1 aromatic rings. The number of hydrogen-bond donors (Lipinski definition) is 0. The average molecular weight is 302 g/mol. The largest absolute Gasteiger partial charge is 0.294 e. The molecule has 0 radical (unpaired) electrons. The molecule has 2 unspecified atom stereocenters. The van der Waals surface area contributed by atoms with Crippen molar-refractivity contribution in [3.8, 4) is 0 Å². The molecule has 3 rings (SSSR count). The summed E-state index contributed by atoms with van der Waals surface area (Å²) in [6, 6.07) is 6.53. The Morgan fingerprint density at radius 1 is 1.29 bits per heavy atom. The van der Waals surface area contributed by atoms with E-state index in [1.165, 1.54) is 17.8 Å². The molecule has 2 atom stereocenters. The van der Waals surface area contributed by atoms with Crippen LogP contribution < -0.4 is 0 Å². The van der Waals surface area contributed by atoms with E-state index in [0.29, 0.717) is 16.5 Å². The summed E-state index contributed by atoms with van der Waals surface area (Å²) in [7, 11) is 1.72. The molecule has 5 heteroatoms. The van der Waals surface area contributed by atoms with Crippen LogP contribution in [0.3, 0.4) is 0 Å². The third-order valence-corrected chi connectivity index (χ3v) is 4.68. The third kappa shape index (κ3) is 2.78. The third-order valence-electron chi connectivity index (χ3n) is 3.58. The van der Waals surface area contributed by atoms with E-state index in [-0.39, 0.29) is 23.7 Å². The zero-order valence-corrected chi connectivity index (χ0v) is 12.4. The van der Waals surface area contributed by atoms with Gasteiger partial charge in [0.2, 0.25) is 5.91 Å². The van der Waals surface area contributed by atoms with Gasteiger partial charge in [0.15, 0.2) is 5.17 Å². The van der Waals surface area contributed by atoms with Gasteiger partial charge in [-0.15, -0.1) is 0 Å². The van der Waals surface area contributed by atoms with Crippen molar-refractivity contribution >= 4 is 22.8 Å². The van der Waals surface area contributed by atoms with Gasteiger partial charge in [-0.1, -0.05) is 54.3 Å². The Kier molecular flexibility index (Phi) is 3.92. The number of amides is 1. The molecular formula is C16H15FN2OS. The maximum absolute atomic E-state index is 13.6. The minimum atomic E-state index is -0.228. The van der Waals surface area contributed by atoms with Crippen LogP contribution in [0.1, 0.15) is 5.56 Å².